The summed E-state index contributed by atoms with van der Waals surface area (Å²) in [5, 5.41) is 11.1. The number of hydrogen-bond donors (Lipinski definition) is 1. The van der Waals surface area contributed by atoms with Crippen LogP contribution < -0.4 is 4.74 Å². The van der Waals surface area contributed by atoms with E-state index < -0.39 is 0 Å². The monoisotopic (exact) mass is 453 g/mol. The lowest BCUT2D eigenvalue weighted by Gasteiger charge is -2.32. The van der Waals surface area contributed by atoms with Crippen molar-refractivity contribution in [2.75, 3.05) is 26.3 Å². The Kier molecular flexibility index (Phi) is 9.19. The van der Waals surface area contributed by atoms with Gasteiger partial charge in [-0.2, -0.15) is 0 Å². The average Bonchev–Trinajstić information content (AvgIpc) is 2.79. The lowest BCUT2D eigenvalue weighted by molar-refractivity contribution is -0.130. The highest BCUT2D eigenvalue weighted by Gasteiger charge is 2.30. The van der Waals surface area contributed by atoms with E-state index in [0.717, 1.165) is 55.2 Å². The van der Waals surface area contributed by atoms with Crippen molar-refractivity contribution in [2.45, 2.75) is 65.2 Å². The molecule has 0 saturated carbocycles. The number of ether oxygens (including phenoxy) is 2. The molecule has 1 amide bonds. The summed E-state index contributed by atoms with van der Waals surface area (Å²) in [5.41, 5.74) is 4.26. The first-order valence-electron chi connectivity index (χ1n) is 12.3. The molecule has 180 valence electrons. The van der Waals surface area contributed by atoms with E-state index in [4.69, 9.17) is 9.47 Å². The summed E-state index contributed by atoms with van der Waals surface area (Å²) in [6.07, 6.45) is 11.5. The summed E-state index contributed by atoms with van der Waals surface area (Å²) in [7, 11) is 0. The molecule has 1 saturated heterocycles. The second kappa shape index (κ2) is 12.1. The Morgan fingerprint density at radius 3 is 2.76 bits per heavy atom. The van der Waals surface area contributed by atoms with Crippen molar-refractivity contribution in [3.05, 3.63) is 59.4 Å². The number of phenolic OH excluding ortho intramolecular Hbond substituents is 1. The predicted molar refractivity (Wildman–Crippen MR) is 133 cm³/mol. The minimum absolute atomic E-state index is 0.000661. The third kappa shape index (κ3) is 6.73. The second-order valence-electron chi connectivity index (χ2n) is 9.37. The van der Waals surface area contributed by atoms with Gasteiger partial charge in [0.05, 0.1) is 19.5 Å². The highest BCUT2D eigenvalue weighted by molar-refractivity contribution is 5.87. The van der Waals surface area contributed by atoms with E-state index in [2.05, 4.69) is 33.4 Å². The minimum atomic E-state index is -0.0867. The van der Waals surface area contributed by atoms with E-state index in [9.17, 15) is 9.90 Å². The van der Waals surface area contributed by atoms with Gasteiger partial charge in [-0.05, 0) is 63.1 Å². The molecular formula is C28H39NO4. The maximum atomic E-state index is 12.5. The van der Waals surface area contributed by atoms with Crippen LogP contribution in [0.5, 0.6) is 11.5 Å². The molecule has 1 aromatic rings. The molecule has 5 heteroatoms. The van der Waals surface area contributed by atoms with Crippen LogP contribution in [0, 0.1) is 5.92 Å². The molecular weight excluding hydrogens is 414 g/mol. The van der Waals surface area contributed by atoms with Crippen LogP contribution in [-0.4, -0.2) is 42.2 Å². The zero-order chi connectivity index (χ0) is 23.8. The first-order chi connectivity index (χ1) is 15.9. The van der Waals surface area contributed by atoms with E-state index in [0.29, 0.717) is 32.1 Å². The molecule has 33 heavy (non-hydrogen) atoms. The molecule has 0 aromatic heterocycles. The molecule has 2 aliphatic rings. The van der Waals surface area contributed by atoms with Gasteiger partial charge in [0.15, 0.2) is 0 Å². The van der Waals surface area contributed by atoms with Gasteiger partial charge in [0.2, 0.25) is 5.91 Å². The fourth-order valence-electron chi connectivity index (χ4n) is 4.78. The predicted octanol–water partition coefficient (Wildman–Crippen LogP) is 5.89. The van der Waals surface area contributed by atoms with Crippen molar-refractivity contribution in [3.8, 4) is 11.5 Å². The number of morpholine rings is 1. The summed E-state index contributed by atoms with van der Waals surface area (Å²) < 4.78 is 11.4. The van der Waals surface area contributed by atoms with Gasteiger partial charge in [0, 0.05) is 30.6 Å². The standard InChI is InChI=1S/C28H39NO4/c1-5-6-7-8-22-18-25(30)28(24-17-21(4)9-10-23(24)20(2)3)26(19-22)33-14-11-27(31)29-12-15-32-16-13-29/h11,14,17-19,23-24,30H,2,5-10,12-13,15-16H2,1,3-4H3/b14-11+/t23?,24-/m1/s1. The van der Waals surface area contributed by atoms with E-state index in [-0.39, 0.29) is 23.5 Å². The maximum Gasteiger partial charge on any atom is 0.249 e. The summed E-state index contributed by atoms with van der Waals surface area (Å²) >= 11 is 0. The Bertz CT molecular complexity index is 895. The SMILES string of the molecule is C=C(C)C1CCC(C)=C[C@H]1c1c(O)cc(CCCCC)cc1O/C=C/C(=O)N1CCOCC1. The quantitative estimate of drug-likeness (QED) is 0.219. The fraction of sp³-hybridized carbons (Fsp3) is 0.536. The van der Waals surface area contributed by atoms with E-state index >= 15 is 0 Å². The molecule has 1 aliphatic heterocycles. The summed E-state index contributed by atoms with van der Waals surface area (Å²) in [6.45, 7) is 12.9. The van der Waals surface area contributed by atoms with Gasteiger partial charge >= 0.3 is 0 Å². The van der Waals surface area contributed by atoms with Crippen molar-refractivity contribution < 1.29 is 19.4 Å². The second-order valence-corrected chi connectivity index (χ2v) is 9.37. The number of aryl methyl sites for hydroxylation is 1. The summed E-state index contributed by atoms with van der Waals surface area (Å²) in [6, 6.07) is 3.91. The number of unbranched alkanes of at least 4 members (excludes halogenated alkanes) is 2. The number of amides is 1. The van der Waals surface area contributed by atoms with Crippen molar-refractivity contribution in [1.29, 1.82) is 0 Å². The summed E-state index contributed by atoms with van der Waals surface area (Å²) in [5.74, 6) is 1.03. The molecule has 1 aromatic carbocycles. The molecule has 0 radical (unpaired) electrons. The van der Waals surface area contributed by atoms with Crippen molar-refractivity contribution >= 4 is 5.91 Å². The van der Waals surface area contributed by atoms with Gasteiger partial charge in [-0.1, -0.05) is 43.6 Å². The van der Waals surface area contributed by atoms with Crippen molar-refractivity contribution in [3.63, 3.8) is 0 Å². The number of carbonyl (C=O) groups is 1. The molecule has 1 unspecified atom stereocenters. The van der Waals surface area contributed by atoms with Crippen LogP contribution in [0.15, 0.2) is 48.3 Å². The number of benzene rings is 1. The maximum absolute atomic E-state index is 12.5. The van der Waals surface area contributed by atoms with Gasteiger partial charge < -0.3 is 19.5 Å². The van der Waals surface area contributed by atoms with E-state index in [1.165, 1.54) is 17.9 Å². The molecule has 1 N–H and O–H groups in total. The Morgan fingerprint density at radius 2 is 2.06 bits per heavy atom. The van der Waals surface area contributed by atoms with Gasteiger partial charge in [-0.3, -0.25) is 4.79 Å². The van der Waals surface area contributed by atoms with Gasteiger partial charge in [0.25, 0.3) is 0 Å². The zero-order valence-electron chi connectivity index (χ0n) is 20.4. The first-order valence-corrected chi connectivity index (χ1v) is 12.3. The van der Waals surface area contributed by atoms with Gasteiger partial charge in [-0.15, -0.1) is 0 Å². The molecule has 3 rings (SSSR count). The van der Waals surface area contributed by atoms with Crippen LogP contribution in [0.1, 0.15) is 69.9 Å². The lowest BCUT2D eigenvalue weighted by atomic mass is 9.73. The van der Waals surface area contributed by atoms with Crippen LogP contribution in [0.4, 0.5) is 0 Å². The number of allylic oxidation sites excluding steroid dienone is 3. The molecule has 1 fully saturated rings. The Labute approximate surface area is 198 Å². The molecule has 1 heterocycles. The molecule has 0 bridgehead atoms. The smallest absolute Gasteiger partial charge is 0.249 e. The van der Waals surface area contributed by atoms with Gasteiger partial charge in [-0.25, -0.2) is 0 Å². The van der Waals surface area contributed by atoms with Crippen LogP contribution >= 0.6 is 0 Å². The van der Waals surface area contributed by atoms with E-state index in [1.807, 2.05) is 12.1 Å². The third-order valence-corrected chi connectivity index (χ3v) is 6.69. The van der Waals surface area contributed by atoms with Crippen LogP contribution in [0.2, 0.25) is 0 Å². The number of hydrogen-bond acceptors (Lipinski definition) is 4. The molecule has 1 aliphatic carbocycles. The number of rotatable bonds is 9. The molecule has 2 atom stereocenters. The Morgan fingerprint density at radius 1 is 1.30 bits per heavy atom. The normalized spacial score (nSPS) is 21.2. The van der Waals surface area contributed by atoms with Crippen molar-refractivity contribution in [2.24, 2.45) is 5.92 Å². The topological polar surface area (TPSA) is 59.0 Å². The number of nitrogens with zero attached hydrogens (tertiary/aromatic N) is 1. The third-order valence-electron chi connectivity index (χ3n) is 6.69. The zero-order valence-corrected chi connectivity index (χ0v) is 20.4. The first kappa shape index (κ1) is 25.1. The minimum Gasteiger partial charge on any atom is -0.507 e. The highest BCUT2D eigenvalue weighted by Crippen LogP contribution is 2.47. The number of carbonyl (C=O) groups excluding carboxylic acids is 1. The van der Waals surface area contributed by atoms with E-state index in [1.54, 1.807) is 4.90 Å². The molecule has 0 spiro atoms. The lowest BCUT2D eigenvalue weighted by Crippen LogP contribution is -2.39. The Hall–Kier alpha value is -2.53. The van der Waals surface area contributed by atoms with Gasteiger partial charge in [0.1, 0.15) is 11.5 Å². The number of phenols is 1. The fourth-order valence-corrected chi connectivity index (χ4v) is 4.78. The van der Waals surface area contributed by atoms with Crippen LogP contribution in [0.25, 0.3) is 0 Å². The summed E-state index contributed by atoms with van der Waals surface area (Å²) in [4.78, 5) is 14.3. The average molecular weight is 454 g/mol. The van der Waals surface area contributed by atoms with Crippen molar-refractivity contribution in [1.82, 2.24) is 4.90 Å². The molecule has 5 nitrogen and oxygen atoms in total. The Balaban J connectivity index is 1.90. The van der Waals surface area contributed by atoms with Crippen LogP contribution in [0.3, 0.4) is 0 Å². The number of aromatic hydroxyl groups is 1. The van der Waals surface area contributed by atoms with Crippen LogP contribution in [-0.2, 0) is 16.0 Å². The largest absolute Gasteiger partial charge is 0.507 e. The highest BCUT2D eigenvalue weighted by atomic mass is 16.5.